The molecule has 8 nitrogen and oxygen atoms in total. The maximum atomic E-state index is 12.8. The Kier molecular flexibility index (Phi) is 5.77. The Bertz CT molecular complexity index is 1320. The van der Waals surface area contributed by atoms with Crippen LogP contribution in [0.2, 0.25) is 0 Å². The number of methoxy groups -OCH3 is 1. The van der Waals surface area contributed by atoms with Crippen LogP contribution in [0.3, 0.4) is 0 Å². The molecule has 0 radical (unpaired) electrons. The van der Waals surface area contributed by atoms with Gasteiger partial charge in [0.25, 0.3) is 0 Å². The standard InChI is InChI=1S/C24H25N5O3/c1-15(2)17-5-9-19(10-6-17)26-23(30)14-28-24(31)29-16(3)25-21(13-22(29)27-28)18-7-11-20(32-4)12-8-18/h5-13,15H,14H2,1-4H3,(H,26,30). The van der Waals surface area contributed by atoms with Gasteiger partial charge in [-0.25, -0.2) is 18.9 Å². The average Bonchev–Trinajstić information content (AvgIpc) is 3.09. The number of amides is 1. The predicted molar refractivity (Wildman–Crippen MR) is 123 cm³/mol. The fraction of sp³-hybridized carbons (Fsp3) is 0.250. The van der Waals surface area contributed by atoms with E-state index >= 15 is 0 Å². The second kappa shape index (κ2) is 8.66. The molecule has 2 aromatic heterocycles. The molecule has 2 aromatic carbocycles. The van der Waals surface area contributed by atoms with Crippen molar-refractivity contribution in [2.24, 2.45) is 0 Å². The molecule has 164 valence electrons. The van der Waals surface area contributed by atoms with E-state index in [4.69, 9.17) is 4.74 Å². The van der Waals surface area contributed by atoms with Crippen LogP contribution in [0.5, 0.6) is 5.75 Å². The molecule has 0 aliphatic heterocycles. The molecule has 2 heterocycles. The third-order valence-corrected chi connectivity index (χ3v) is 5.28. The van der Waals surface area contributed by atoms with Crippen LogP contribution >= 0.6 is 0 Å². The maximum absolute atomic E-state index is 12.8. The third kappa shape index (κ3) is 4.25. The molecule has 1 N–H and O–H groups in total. The van der Waals surface area contributed by atoms with Crippen LogP contribution in [0.15, 0.2) is 59.4 Å². The highest BCUT2D eigenvalue weighted by Crippen LogP contribution is 2.22. The van der Waals surface area contributed by atoms with Crippen molar-refractivity contribution in [3.05, 3.63) is 76.5 Å². The summed E-state index contributed by atoms with van der Waals surface area (Å²) in [5, 5.41) is 7.17. The number of anilines is 1. The first kappa shape index (κ1) is 21.3. The lowest BCUT2D eigenvalue weighted by molar-refractivity contribution is -0.117. The predicted octanol–water partition coefficient (Wildman–Crippen LogP) is 3.64. The number of nitrogens with one attached hydrogen (secondary N) is 1. The third-order valence-electron chi connectivity index (χ3n) is 5.28. The fourth-order valence-corrected chi connectivity index (χ4v) is 3.50. The number of hydrogen-bond donors (Lipinski definition) is 1. The van der Waals surface area contributed by atoms with Crippen LogP contribution in [0.1, 0.15) is 31.2 Å². The molecule has 4 rings (SSSR count). The Hall–Kier alpha value is -3.94. The van der Waals surface area contributed by atoms with E-state index in [0.29, 0.717) is 28.8 Å². The van der Waals surface area contributed by atoms with Crippen LogP contribution in [-0.2, 0) is 11.3 Å². The highest BCUT2D eigenvalue weighted by Gasteiger charge is 2.15. The van der Waals surface area contributed by atoms with Gasteiger partial charge >= 0.3 is 5.69 Å². The molecule has 0 aliphatic rings. The van der Waals surface area contributed by atoms with Crippen LogP contribution in [0.4, 0.5) is 5.69 Å². The summed E-state index contributed by atoms with van der Waals surface area (Å²) in [5.41, 5.74) is 3.45. The van der Waals surface area contributed by atoms with Crippen molar-refractivity contribution in [1.82, 2.24) is 19.2 Å². The van der Waals surface area contributed by atoms with Gasteiger partial charge in [0.15, 0.2) is 5.65 Å². The summed E-state index contributed by atoms with van der Waals surface area (Å²) in [4.78, 5) is 29.9. The molecule has 4 aromatic rings. The first-order valence-corrected chi connectivity index (χ1v) is 10.4. The summed E-state index contributed by atoms with van der Waals surface area (Å²) in [6.07, 6.45) is 0. The number of carbonyl (C=O) groups is 1. The lowest BCUT2D eigenvalue weighted by Gasteiger charge is -2.08. The highest BCUT2D eigenvalue weighted by atomic mass is 16.5. The van der Waals surface area contributed by atoms with E-state index in [9.17, 15) is 9.59 Å². The van der Waals surface area contributed by atoms with Gasteiger partial charge in [-0.2, -0.15) is 0 Å². The van der Waals surface area contributed by atoms with E-state index in [0.717, 1.165) is 16.0 Å². The van der Waals surface area contributed by atoms with E-state index in [1.54, 1.807) is 20.1 Å². The molecule has 0 spiro atoms. The molecule has 0 saturated carbocycles. The fourth-order valence-electron chi connectivity index (χ4n) is 3.50. The number of ether oxygens (including phenoxy) is 1. The highest BCUT2D eigenvalue weighted by molar-refractivity contribution is 5.90. The normalized spacial score (nSPS) is 11.2. The first-order chi connectivity index (χ1) is 15.4. The smallest absolute Gasteiger partial charge is 0.352 e. The van der Waals surface area contributed by atoms with Crippen molar-refractivity contribution in [3.63, 3.8) is 0 Å². The Morgan fingerprint density at radius 3 is 2.41 bits per heavy atom. The summed E-state index contributed by atoms with van der Waals surface area (Å²) < 4.78 is 7.75. The molecular weight excluding hydrogens is 406 g/mol. The van der Waals surface area contributed by atoms with Crippen LogP contribution < -0.4 is 15.7 Å². The second-order valence-corrected chi connectivity index (χ2v) is 7.88. The topological polar surface area (TPSA) is 90.5 Å². The molecule has 0 atom stereocenters. The molecule has 32 heavy (non-hydrogen) atoms. The lowest BCUT2D eigenvalue weighted by atomic mass is 10.0. The number of benzene rings is 2. The molecule has 8 heteroatoms. The van der Waals surface area contributed by atoms with Crippen molar-refractivity contribution in [1.29, 1.82) is 0 Å². The van der Waals surface area contributed by atoms with Crippen molar-refractivity contribution >= 4 is 17.2 Å². The minimum atomic E-state index is -0.406. The van der Waals surface area contributed by atoms with Gasteiger partial charge in [-0.15, -0.1) is 5.10 Å². The van der Waals surface area contributed by atoms with E-state index in [2.05, 4.69) is 29.2 Å². The monoisotopic (exact) mass is 431 g/mol. The molecule has 1 amide bonds. The van der Waals surface area contributed by atoms with Gasteiger partial charge in [-0.1, -0.05) is 26.0 Å². The van der Waals surface area contributed by atoms with E-state index in [-0.39, 0.29) is 12.5 Å². The zero-order valence-electron chi connectivity index (χ0n) is 18.5. The van der Waals surface area contributed by atoms with Gasteiger partial charge in [-0.05, 0) is 54.8 Å². The number of aromatic nitrogens is 4. The second-order valence-electron chi connectivity index (χ2n) is 7.88. The maximum Gasteiger partial charge on any atom is 0.352 e. The van der Waals surface area contributed by atoms with Crippen molar-refractivity contribution < 1.29 is 9.53 Å². The summed E-state index contributed by atoms with van der Waals surface area (Å²) in [7, 11) is 1.61. The summed E-state index contributed by atoms with van der Waals surface area (Å²) in [5.74, 6) is 1.33. The zero-order chi connectivity index (χ0) is 22.8. The largest absolute Gasteiger partial charge is 0.497 e. The Balaban J connectivity index is 1.57. The lowest BCUT2D eigenvalue weighted by Crippen LogP contribution is -2.28. The molecule has 0 saturated heterocycles. The minimum absolute atomic E-state index is 0.191. The summed E-state index contributed by atoms with van der Waals surface area (Å²) in [6.45, 7) is 5.77. The minimum Gasteiger partial charge on any atom is -0.497 e. The van der Waals surface area contributed by atoms with Crippen molar-refractivity contribution in [2.45, 2.75) is 33.2 Å². The Morgan fingerprint density at radius 1 is 1.09 bits per heavy atom. The molecular formula is C24H25N5O3. The number of aryl methyl sites for hydroxylation is 1. The number of fused-ring (bicyclic) bond motifs is 1. The van der Waals surface area contributed by atoms with Crippen molar-refractivity contribution in [3.8, 4) is 17.0 Å². The van der Waals surface area contributed by atoms with Crippen molar-refractivity contribution in [2.75, 3.05) is 12.4 Å². The van der Waals surface area contributed by atoms with Gasteiger partial charge in [-0.3, -0.25) is 4.79 Å². The SMILES string of the molecule is COc1ccc(-c2cc3nn(CC(=O)Nc4ccc(C(C)C)cc4)c(=O)n3c(C)n2)cc1. The first-order valence-electron chi connectivity index (χ1n) is 10.4. The van der Waals surface area contributed by atoms with E-state index in [1.165, 1.54) is 9.96 Å². The molecule has 0 unspecified atom stereocenters. The van der Waals surface area contributed by atoms with Gasteiger partial charge in [0.05, 0.1) is 12.8 Å². The summed E-state index contributed by atoms with van der Waals surface area (Å²) >= 11 is 0. The van der Waals surface area contributed by atoms with Crippen LogP contribution in [0.25, 0.3) is 16.9 Å². The van der Waals surface area contributed by atoms with Crippen LogP contribution in [0, 0.1) is 6.92 Å². The van der Waals surface area contributed by atoms with Gasteiger partial charge in [0.1, 0.15) is 18.1 Å². The quantitative estimate of drug-likeness (QED) is 0.503. The zero-order valence-corrected chi connectivity index (χ0v) is 18.5. The van der Waals surface area contributed by atoms with Gasteiger partial charge in [0.2, 0.25) is 5.91 Å². The number of rotatable bonds is 6. The molecule has 0 fully saturated rings. The van der Waals surface area contributed by atoms with Crippen LogP contribution in [-0.4, -0.2) is 32.2 Å². The number of hydrogen-bond acceptors (Lipinski definition) is 5. The van der Waals surface area contributed by atoms with E-state index in [1.807, 2.05) is 48.5 Å². The number of carbonyl (C=O) groups excluding carboxylic acids is 1. The van der Waals surface area contributed by atoms with Gasteiger partial charge < -0.3 is 10.1 Å². The van der Waals surface area contributed by atoms with E-state index < -0.39 is 5.69 Å². The summed E-state index contributed by atoms with van der Waals surface area (Å²) in [6, 6.07) is 16.9. The Morgan fingerprint density at radius 2 is 1.78 bits per heavy atom. The number of nitrogens with zero attached hydrogens (tertiary/aromatic N) is 4. The molecule has 0 aliphatic carbocycles. The average molecular weight is 431 g/mol. The Labute approximate surface area is 185 Å². The van der Waals surface area contributed by atoms with Gasteiger partial charge in [0, 0.05) is 17.3 Å². The molecule has 0 bridgehead atoms.